The summed E-state index contributed by atoms with van der Waals surface area (Å²) in [6.07, 6.45) is 0.601. The van der Waals surface area contributed by atoms with E-state index < -0.39 is 23.7 Å². The predicted octanol–water partition coefficient (Wildman–Crippen LogP) is 2.42. The Bertz CT molecular complexity index is 1190. The monoisotopic (exact) mass is 425 g/mol. The topological polar surface area (TPSA) is 102 Å². The van der Waals surface area contributed by atoms with Crippen molar-refractivity contribution in [1.82, 2.24) is 14.8 Å². The zero-order chi connectivity index (χ0) is 21.5. The maximum atomic E-state index is 14.2. The number of anilines is 1. The number of rotatable bonds is 4. The third-order valence-electron chi connectivity index (χ3n) is 5.38. The van der Waals surface area contributed by atoms with E-state index in [2.05, 4.69) is 20.6 Å². The highest BCUT2D eigenvalue weighted by atomic mass is 19.1. The van der Waals surface area contributed by atoms with Crippen molar-refractivity contribution in [2.75, 3.05) is 18.6 Å². The molecule has 0 amide bonds. The first-order valence-electron chi connectivity index (χ1n) is 9.64. The van der Waals surface area contributed by atoms with Gasteiger partial charge in [-0.25, -0.2) is 18.4 Å². The van der Waals surface area contributed by atoms with Crippen LogP contribution in [0.2, 0.25) is 0 Å². The molecule has 3 aromatic rings. The Labute approximate surface area is 175 Å². The minimum atomic E-state index is -0.752. The lowest BCUT2D eigenvalue weighted by Gasteiger charge is -2.27. The molecule has 0 radical (unpaired) electrons. The summed E-state index contributed by atoms with van der Waals surface area (Å²) in [6, 6.07) is 8.19. The van der Waals surface area contributed by atoms with Gasteiger partial charge in [0.05, 0.1) is 30.5 Å². The van der Waals surface area contributed by atoms with E-state index in [0.29, 0.717) is 22.7 Å². The molecule has 2 atom stereocenters. The Balaban J connectivity index is 1.74. The van der Waals surface area contributed by atoms with Gasteiger partial charge in [-0.05, 0) is 29.8 Å². The minimum absolute atomic E-state index is 0.147. The van der Waals surface area contributed by atoms with E-state index in [-0.39, 0.29) is 36.7 Å². The molecule has 0 aliphatic carbocycles. The second kappa shape index (κ2) is 7.64. The van der Waals surface area contributed by atoms with Crippen molar-refractivity contribution in [2.24, 2.45) is 4.99 Å². The number of benzene rings is 2. The van der Waals surface area contributed by atoms with Gasteiger partial charge in [0.2, 0.25) is 0 Å². The first-order chi connectivity index (χ1) is 15.1. The third-order valence-corrected chi connectivity index (χ3v) is 5.38. The van der Waals surface area contributed by atoms with Crippen molar-refractivity contribution in [3.05, 3.63) is 76.9 Å². The Morgan fingerprint density at radius 1 is 1.19 bits per heavy atom. The van der Waals surface area contributed by atoms with Gasteiger partial charge in [-0.15, -0.1) is 0 Å². The number of halogens is 2. The van der Waals surface area contributed by atoms with E-state index in [0.717, 1.165) is 0 Å². The molecule has 2 unspecified atom stereocenters. The Morgan fingerprint density at radius 3 is 2.77 bits per heavy atom. The van der Waals surface area contributed by atoms with Crippen LogP contribution in [0.15, 0.2) is 47.7 Å². The molecule has 0 spiro atoms. The number of hydrogen-bond acceptors (Lipinski definition) is 7. The summed E-state index contributed by atoms with van der Waals surface area (Å²) in [4.78, 5) is 27.3. The summed E-state index contributed by atoms with van der Waals surface area (Å²) in [5.74, 6) is -1.51. The standard InChI is InChI=1S/C21H17F2N5O3/c22-12-3-1-11(2-4-12)20-18(21-25-10-26-28(21)5-6-29)19-17-14(16(30)9-24-19)7-13(23)8-15(17)27-31-20/h1-4,7-8,10,18,20,27,29H,5-6,9H2. The summed E-state index contributed by atoms with van der Waals surface area (Å²) in [5.41, 5.74) is 4.77. The number of aliphatic hydroxyl groups is 1. The van der Waals surface area contributed by atoms with Crippen molar-refractivity contribution in [2.45, 2.75) is 18.6 Å². The fraction of sp³-hybridized carbons (Fsp3) is 0.238. The molecular formula is C21H17F2N5O3. The Hall–Kier alpha value is -3.50. The van der Waals surface area contributed by atoms with Crippen molar-refractivity contribution >= 4 is 17.2 Å². The van der Waals surface area contributed by atoms with Crippen LogP contribution < -0.4 is 5.48 Å². The predicted molar refractivity (Wildman–Crippen MR) is 106 cm³/mol. The first-order valence-corrected chi connectivity index (χ1v) is 9.64. The number of carbonyl (C=O) groups is 1. The lowest BCUT2D eigenvalue weighted by atomic mass is 9.83. The Morgan fingerprint density at radius 2 is 2.00 bits per heavy atom. The van der Waals surface area contributed by atoms with E-state index in [1.165, 1.54) is 35.3 Å². The van der Waals surface area contributed by atoms with Crippen LogP contribution in [0.5, 0.6) is 0 Å². The number of ketones is 1. The number of aliphatic hydroxyl groups excluding tert-OH is 1. The van der Waals surface area contributed by atoms with E-state index in [9.17, 15) is 18.7 Å². The molecule has 0 saturated carbocycles. The average Bonchev–Trinajstić information content (AvgIpc) is 3.14. The van der Waals surface area contributed by atoms with Gasteiger partial charge in [0.25, 0.3) is 0 Å². The minimum Gasteiger partial charge on any atom is -0.394 e. The average molecular weight is 425 g/mol. The zero-order valence-electron chi connectivity index (χ0n) is 16.1. The number of Topliss-reactive ketones (excluding diaryl/α,β-unsaturated/α-hetero) is 1. The second-order valence-corrected chi connectivity index (χ2v) is 7.24. The van der Waals surface area contributed by atoms with Gasteiger partial charge in [0.15, 0.2) is 5.78 Å². The lowest BCUT2D eigenvalue weighted by molar-refractivity contribution is 0.0913. The van der Waals surface area contributed by atoms with Crippen molar-refractivity contribution in [3.8, 4) is 0 Å². The van der Waals surface area contributed by atoms with Crippen LogP contribution in [-0.4, -0.2) is 44.5 Å². The van der Waals surface area contributed by atoms with Gasteiger partial charge in [0.1, 0.15) is 36.4 Å². The summed E-state index contributed by atoms with van der Waals surface area (Å²) in [7, 11) is 0. The molecule has 2 N–H and O–H groups in total. The fourth-order valence-corrected chi connectivity index (χ4v) is 4.05. The molecular weight excluding hydrogens is 408 g/mol. The molecule has 8 nitrogen and oxygen atoms in total. The van der Waals surface area contributed by atoms with Gasteiger partial charge < -0.3 is 5.11 Å². The maximum Gasteiger partial charge on any atom is 0.185 e. The van der Waals surface area contributed by atoms with Crippen molar-refractivity contribution in [3.63, 3.8) is 0 Å². The normalized spacial score (nSPS) is 20.0. The maximum absolute atomic E-state index is 14.2. The van der Waals surface area contributed by atoms with E-state index in [1.54, 1.807) is 12.1 Å². The van der Waals surface area contributed by atoms with Crippen molar-refractivity contribution < 1.29 is 23.5 Å². The van der Waals surface area contributed by atoms with E-state index >= 15 is 0 Å². The van der Waals surface area contributed by atoms with E-state index in [1.807, 2.05) is 0 Å². The van der Waals surface area contributed by atoms with Crippen LogP contribution in [0, 0.1) is 11.6 Å². The SMILES string of the molecule is O=C1CN=C2c3c(cc(F)cc31)NOC(c1ccc(F)cc1)C2c1ncnn1CCO. The van der Waals surface area contributed by atoms with Gasteiger partial charge in [-0.3, -0.25) is 20.1 Å². The highest BCUT2D eigenvalue weighted by molar-refractivity contribution is 6.20. The van der Waals surface area contributed by atoms with E-state index in [4.69, 9.17) is 4.84 Å². The highest BCUT2D eigenvalue weighted by Crippen LogP contribution is 2.43. The number of aromatic nitrogens is 3. The number of aliphatic imine (C=N–C) groups is 1. The number of carbonyl (C=O) groups excluding carboxylic acids is 1. The molecule has 0 saturated heterocycles. The molecule has 3 heterocycles. The van der Waals surface area contributed by atoms with Gasteiger partial charge >= 0.3 is 0 Å². The molecule has 0 bridgehead atoms. The molecule has 0 fully saturated rings. The molecule has 10 heteroatoms. The van der Waals surface area contributed by atoms with Crippen LogP contribution in [0.3, 0.4) is 0 Å². The first kappa shape index (κ1) is 19.5. The summed E-state index contributed by atoms with van der Waals surface area (Å²) >= 11 is 0. The zero-order valence-corrected chi connectivity index (χ0v) is 16.1. The second-order valence-electron chi connectivity index (χ2n) is 7.24. The molecule has 2 aromatic carbocycles. The quantitative estimate of drug-likeness (QED) is 0.666. The largest absolute Gasteiger partial charge is 0.394 e. The van der Waals surface area contributed by atoms with Crippen LogP contribution >= 0.6 is 0 Å². The molecule has 5 rings (SSSR count). The summed E-state index contributed by atoms with van der Waals surface area (Å²) < 4.78 is 29.3. The summed E-state index contributed by atoms with van der Waals surface area (Å²) in [6.45, 7) is -0.127. The van der Waals surface area contributed by atoms with Crippen molar-refractivity contribution in [1.29, 1.82) is 0 Å². The number of hydrogen-bond donors (Lipinski definition) is 2. The smallest absolute Gasteiger partial charge is 0.185 e. The molecule has 2 aliphatic heterocycles. The summed E-state index contributed by atoms with van der Waals surface area (Å²) in [5, 5.41) is 13.6. The Kier molecular flexibility index (Phi) is 4.79. The third kappa shape index (κ3) is 3.29. The van der Waals surface area contributed by atoms with Crippen LogP contribution in [-0.2, 0) is 11.4 Å². The molecule has 158 valence electrons. The van der Waals surface area contributed by atoms with Gasteiger partial charge in [-0.1, -0.05) is 12.1 Å². The number of nitrogens with one attached hydrogen (secondary N) is 1. The van der Waals surface area contributed by atoms with Crippen LogP contribution in [0.4, 0.5) is 14.5 Å². The highest BCUT2D eigenvalue weighted by Gasteiger charge is 2.41. The fourth-order valence-electron chi connectivity index (χ4n) is 4.05. The molecule has 1 aromatic heterocycles. The lowest BCUT2D eigenvalue weighted by Crippen LogP contribution is -2.30. The molecule has 2 aliphatic rings. The van der Waals surface area contributed by atoms with Gasteiger partial charge in [0, 0.05) is 11.1 Å². The van der Waals surface area contributed by atoms with Crippen LogP contribution in [0.1, 0.15) is 39.3 Å². The molecule has 31 heavy (non-hydrogen) atoms. The van der Waals surface area contributed by atoms with Crippen LogP contribution in [0.25, 0.3) is 0 Å². The number of nitrogens with zero attached hydrogens (tertiary/aromatic N) is 4. The van der Waals surface area contributed by atoms with Gasteiger partial charge in [-0.2, -0.15) is 5.10 Å².